The van der Waals surface area contributed by atoms with Crippen LogP contribution in [0.15, 0.2) is 34.3 Å². The highest BCUT2D eigenvalue weighted by molar-refractivity contribution is 8.76. The Balaban J connectivity index is 1.68. The van der Waals surface area contributed by atoms with E-state index in [0.717, 1.165) is 4.90 Å². The van der Waals surface area contributed by atoms with Crippen LogP contribution in [0.1, 0.15) is 19.3 Å². The van der Waals surface area contributed by atoms with Crippen LogP contribution in [0.4, 0.5) is 5.69 Å². The lowest BCUT2D eigenvalue weighted by atomic mass is 10.3. The van der Waals surface area contributed by atoms with Crippen molar-refractivity contribution in [3.63, 3.8) is 0 Å². The lowest BCUT2D eigenvalue weighted by Gasteiger charge is -2.12. The van der Waals surface area contributed by atoms with Crippen LogP contribution in [0, 0.1) is 5.53 Å². The summed E-state index contributed by atoms with van der Waals surface area (Å²) >= 11 is 0. The monoisotopic (exact) mass is 353 g/mol. The van der Waals surface area contributed by atoms with Crippen LogP contribution >= 0.6 is 21.6 Å². The van der Waals surface area contributed by atoms with Crippen molar-refractivity contribution in [2.24, 2.45) is 5.11 Å². The van der Waals surface area contributed by atoms with Crippen LogP contribution < -0.4 is 4.91 Å². The molecule has 1 aliphatic heterocycles. The molecule has 23 heavy (non-hydrogen) atoms. The van der Waals surface area contributed by atoms with Crippen molar-refractivity contribution in [3.8, 4) is 0 Å². The second-order valence-electron chi connectivity index (χ2n) is 4.39. The van der Waals surface area contributed by atoms with Gasteiger partial charge < -0.3 is 4.84 Å². The minimum atomic E-state index is -0.604. The van der Waals surface area contributed by atoms with Crippen molar-refractivity contribution >= 4 is 45.1 Å². The number of amides is 2. The quantitative estimate of drug-likeness (QED) is 0.265. The van der Waals surface area contributed by atoms with E-state index >= 15 is 0 Å². The fourth-order valence-corrected chi connectivity index (χ4v) is 3.62. The van der Waals surface area contributed by atoms with E-state index in [1.54, 1.807) is 12.1 Å². The summed E-state index contributed by atoms with van der Waals surface area (Å²) in [5, 5.41) is 4.14. The Hall–Kier alpha value is -2.16. The third-order valence-electron chi connectivity index (χ3n) is 2.75. The van der Waals surface area contributed by atoms with E-state index in [-0.39, 0.29) is 19.3 Å². The molecule has 1 aliphatic rings. The van der Waals surface area contributed by atoms with Gasteiger partial charge in [-0.1, -0.05) is 21.6 Å². The molecule has 1 N–H and O–H groups in total. The Kier molecular flexibility index (Phi) is 6.33. The van der Waals surface area contributed by atoms with Crippen LogP contribution in [-0.4, -0.2) is 28.6 Å². The van der Waals surface area contributed by atoms with Crippen molar-refractivity contribution in [1.29, 1.82) is 5.53 Å². The van der Waals surface area contributed by atoms with Gasteiger partial charge in [0.2, 0.25) is 4.91 Å². The molecule has 2 amide bonds. The first kappa shape index (κ1) is 17.2. The highest BCUT2D eigenvalue weighted by Crippen LogP contribution is 2.32. The van der Waals surface area contributed by atoms with Crippen molar-refractivity contribution in [3.05, 3.63) is 24.3 Å². The third-order valence-corrected chi connectivity index (χ3v) is 5.13. The Morgan fingerprint density at radius 3 is 2.52 bits per heavy atom. The maximum absolute atomic E-state index is 11.6. The van der Waals surface area contributed by atoms with Gasteiger partial charge in [0.1, 0.15) is 5.53 Å². The van der Waals surface area contributed by atoms with Crippen molar-refractivity contribution in [2.45, 2.75) is 24.2 Å². The van der Waals surface area contributed by atoms with Crippen LogP contribution in [0.2, 0.25) is 0 Å². The molecule has 0 spiro atoms. The number of benzene rings is 1. The lowest BCUT2D eigenvalue weighted by Crippen LogP contribution is -2.32. The number of imide groups is 1. The number of nitrogens with zero attached hydrogens (tertiary/aromatic N) is 3. The molecule has 1 aromatic rings. The molecule has 0 radical (unpaired) electrons. The third kappa shape index (κ3) is 5.20. The first-order chi connectivity index (χ1) is 11.1. The molecule has 0 aromatic heterocycles. The van der Waals surface area contributed by atoms with Crippen LogP contribution in [-0.2, 0) is 19.2 Å². The van der Waals surface area contributed by atoms with Gasteiger partial charge in [-0.3, -0.25) is 9.59 Å². The molecular formula is C13H13N4O4S2+. The largest absolute Gasteiger partial charge is 0.334 e. The van der Waals surface area contributed by atoms with Crippen LogP contribution in [0.25, 0.3) is 0 Å². The molecule has 1 heterocycles. The standard InChI is InChI=1S/C13H13N4O4S2/c14-16-15-9-1-3-10(4-2-9)23-22-8-7-13(20)21-17-11(18)5-6-12(17)19/h1-4,14H,5-8H2/q+1. The van der Waals surface area contributed by atoms with E-state index in [1.165, 1.54) is 21.6 Å². The second-order valence-corrected chi connectivity index (χ2v) is 6.88. The summed E-state index contributed by atoms with van der Waals surface area (Å²) in [7, 11) is 2.93. The Bertz CT molecular complexity index is 642. The molecule has 0 atom stereocenters. The predicted molar refractivity (Wildman–Crippen MR) is 83.5 cm³/mol. The first-order valence-electron chi connectivity index (χ1n) is 6.63. The number of rotatable bonds is 7. The molecule has 10 heteroatoms. The lowest BCUT2D eigenvalue weighted by molar-refractivity contribution is -0.197. The highest BCUT2D eigenvalue weighted by Gasteiger charge is 2.32. The molecule has 0 aliphatic carbocycles. The second kappa shape index (κ2) is 8.47. The van der Waals surface area contributed by atoms with Gasteiger partial charge in [0.15, 0.2) is 10.8 Å². The van der Waals surface area contributed by atoms with Crippen molar-refractivity contribution in [2.75, 3.05) is 5.75 Å². The van der Waals surface area contributed by atoms with E-state index in [2.05, 4.69) is 10.0 Å². The molecule has 8 nitrogen and oxygen atoms in total. The van der Waals surface area contributed by atoms with Gasteiger partial charge in [0.25, 0.3) is 11.8 Å². The minimum absolute atomic E-state index is 0.0898. The number of hydroxylamine groups is 2. The number of hydrogen-bond donors (Lipinski definition) is 1. The number of hydrogen-bond acceptors (Lipinski definition) is 8. The van der Waals surface area contributed by atoms with E-state index in [1.807, 2.05) is 12.1 Å². The Labute approximate surface area is 139 Å². The van der Waals surface area contributed by atoms with E-state index < -0.39 is 17.8 Å². The molecule has 1 saturated heterocycles. The van der Waals surface area contributed by atoms with Crippen LogP contribution in [0.3, 0.4) is 0 Å². The molecule has 0 unspecified atom stereocenters. The summed E-state index contributed by atoms with van der Waals surface area (Å²) in [6.07, 6.45) is 0.277. The van der Waals surface area contributed by atoms with Crippen LogP contribution in [0.5, 0.6) is 0 Å². The van der Waals surface area contributed by atoms with Gasteiger partial charge >= 0.3 is 5.97 Å². The van der Waals surface area contributed by atoms with Gasteiger partial charge in [0.05, 0.1) is 6.42 Å². The number of nitrogens with one attached hydrogen (secondary N) is 1. The highest BCUT2D eigenvalue weighted by atomic mass is 33.1. The maximum Gasteiger partial charge on any atom is 0.334 e. The van der Waals surface area contributed by atoms with E-state index in [0.29, 0.717) is 16.5 Å². The fourth-order valence-electron chi connectivity index (χ4n) is 1.67. The van der Waals surface area contributed by atoms with Crippen molar-refractivity contribution < 1.29 is 19.2 Å². The average molecular weight is 353 g/mol. The summed E-state index contributed by atoms with van der Waals surface area (Å²) in [4.78, 5) is 42.9. The van der Waals surface area contributed by atoms with Gasteiger partial charge in [0, 0.05) is 23.5 Å². The van der Waals surface area contributed by atoms with E-state index in [9.17, 15) is 14.4 Å². The zero-order chi connectivity index (χ0) is 16.7. The van der Waals surface area contributed by atoms with Gasteiger partial charge in [-0.15, -0.1) is 5.06 Å². The zero-order valence-corrected chi connectivity index (χ0v) is 13.6. The summed E-state index contributed by atoms with van der Waals surface area (Å²) < 4.78 is 0. The average Bonchev–Trinajstić information content (AvgIpc) is 2.85. The Morgan fingerprint density at radius 2 is 1.91 bits per heavy atom. The van der Waals surface area contributed by atoms with Gasteiger partial charge in [-0.2, -0.15) is 0 Å². The summed E-state index contributed by atoms with van der Waals surface area (Å²) in [5.41, 5.74) is 7.23. The zero-order valence-electron chi connectivity index (χ0n) is 11.9. The smallest absolute Gasteiger partial charge is 0.330 e. The minimum Gasteiger partial charge on any atom is -0.330 e. The van der Waals surface area contributed by atoms with Gasteiger partial charge in [-0.05, 0) is 24.3 Å². The molecule has 2 rings (SSSR count). The summed E-state index contributed by atoms with van der Waals surface area (Å²) in [5.74, 6) is -1.08. The molecule has 120 valence electrons. The van der Waals surface area contributed by atoms with Gasteiger partial charge in [-0.25, -0.2) is 4.79 Å². The topological polar surface area (TPSA) is 114 Å². The fraction of sp³-hybridized carbons (Fsp3) is 0.308. The molecule has 0 saturated carbocycles. The maximum atomic E-state index is 11.6. The molecule has 1 fully saturated rings. The number of carbonyl (C=O) groups is 3. The summed E-state index contributed by atoms with van der Waals surface area (Å²) in [6, 6.07) is 7.14. The van der Waals surface area contributed by atoms with Crippen molar-refractivity contribution in [1.82, 2.24) is 9.97 Å². The Morgan fingerprint density at radius 1 is 1.26 bits per heavy atom. The molecular weight excluding hydrogens is 340 g/mol. The molecule has 1 aromatic carbocycles. The van der Waals surface area contributed by atoms with E-state index in [4.69, 9.17) is 10.4 Å². The first-order valence-corrected chi connectivity index (χ1v) is 8.95. The SMILES string of the molecule is N=[N+]=Nc1ccc(SSCCC(=O)ON2C(=O)CCC2=O)cc1. The predicted octanol–water partition coefficient (Wildman–Crippen LogP) is 2.61. The summed E-state index contributed by atoms with van der Waals surface area (Å²) in [6.45, 7) is 0. The molecule has 0 bridgehead atoms. The number of carbonyl (C=O) groups excluding carboxylic acids is 3. The normalized spacial score (nSPS) is 13.8.